The van der Waals surface area contributed by atoms with Crippen LogP contribution in [-0.4, -0.2) is 17.7 Å². The van der Waals surface area contributed by atoms with Crippen molar-refractivity contribution in [3.05, 3.63) is 69.7 Å². The van der Waals surface area contributed by atoms with E-state index >= 15 is 0 Å². The molecule has 4 aliphatic carbocycles. The van der Waals surface area contributed by atoms with Gasteiger partial charge in [0.1, 0.15) is 0 Å². The number of rotatable bonds is 3. The molecule has 3 fully saturated rings. The molecule has 2 aromatic rings. The van der Waals surface area contributed by atoms with Gasteiger partial charge in [-0.15, -0.1) is 0 Å². The standard InChI is InChI=1S/C24H18BrClN2O3/c25-18-8-3-12(9-19(18)26)27-22(29)11-1-4-13(5-2-11)28-23(30)20-14-6-7-15(17-10-16(14)17)21(20)24(28)31/h1-9,14-17,20-21H,10H2,(H,27,29)/t14-,15-,16-,17-,20-,21+/m0/s1. The first-order chi connectivity index (χ1) is 14.9. The Kier molecular flexibility index (Phi) is 4.21. The highest BCUT2D eigenvalue weighted by atomic mass is 79.9. The fourth-order valence-corrected chi connectivity index (χ4v) is 6.18. The SMILES string of the molecule is O=C(Nc1ccc(Br)c(Cl)c1)c1ccc(N2C(=O)[C@@H]3[C@H]4C=C[C@@H]([C@@H]5C[C@@H]45)[C@@H]3C2=O)cc1. The predicted molar refractivity (Wildman–Crippen MR) is 121 cm³/mol. The Morgan fingerprint density at radius 2 is 1.58 bits per heavy atom. The topological polar surface area (TPSA) is 66.5 Å². The quantitative estimate of drug-likeness (QED) is 0.484. The van der Waals surface area contributed by atoms with Crippen LogP contribution in [0.1, 0.15) is 16.8 Å². The summed E-state index contributed by atoms with van der Waals surface area (Å²) in [6.07, 6.45) is 5.47. The largest absolute Gasteiger partial charge is 0.322 e. The van der Waals surface area contributed by atoms with E-state index in [0.29, 0.717) is 33.8 Å². The van der Waals surface area contributed by atoms with Crippen LogP contribution in [0.4, 0.5) is 11.4 Å². The number of allylic oxidation sites excluding steroid dienone is 2. The molecule has 7 rings (SSSR count). The third kappa shape index (κ3) is 2.84. The normalized spacial score (nSPS) is 32.1. The van der Waals surface area contributed by atoms with Gasteiger partial charge in [0.05, 0.1) is 22.5 Å². The summed E-state index contributed by atoms with van der Waals surface area (Å²) in [7, 11) is 0. The van der Waals surface area contributed by atoms with Crippen molar-refractivity contribution >= 4 is 56.6 Å². The number of anilines is 2. The molecule has 2 aromatic carbocycles. The van der Waals surface area contributed by atoms with Gasteiger partial charge in [-0.25, -0.2) is 0 Å². The number of carbonyl (C=O) groups excluding carboxylic acids is 3. The summed E-state index contributed by atoms with van der Waals surface area (Å²) in [5.74, 6) is 0.612. The molecule has 1 aliphatic heterocycles. The lowest BCUT2D eigenvalue weighted by Crippen LogP contribution is -2.40. The molecule has 0 aromatic heterocycles. The summed E-state index contributed by atoms with van der Waals surface area (Å²) in [5.41, 5.74) is 1.54. The van der Waals surface area contributed by atoms with Crippen molar-refractivity contribution in [2.75, 3.05) is 10.2 Å². The van der Waals surface area contributed by atoms with Crippen molar-refractivity contribution in [1.82, 2.24) is 0 Å². The van der Waals surface area contributed by atoms with Crippen molar-refractivity contribution in [2.24, 2.45) is 35.5 Å². The van der Waals surface area contributed by atoms with E-state index in [4.69, 9.17) is 11.6 Å². The first-order valence-corrected chi connectivity index (χ1v) is 11.5. The molecule has 0 radical (unpaired) electrons. The molecule has 31 heavy (non-hydrogen) atoms. The van der Waals surface area contributed by atoms with Crippen LogP contribution in [0.5, 0.6) is 0 Å². The minimum Gasteiger partial charge on any atom is -0.322 e. The Morgan fingerprint density at radius 3 is 2.16 bits per heavy atom. The summed E-state index contributed by atoms with van der Waals surface area (Å²) in [6, 6.07) is 11.8. The third-order valence-corrected chi connectivity index (χ3v) is 8.46. The molecule has 156 valence electrons. The fourth-order valence-electron chi connectivity index (χ4n) is 5.75. The summed E-state index contributed by atoms with van der Waals surface area (Å²) < 4.78 is 0.748. The zero-order valence-corrected chi connectivity index (χ0v) is 18.6. The highest BCUT2D eigenvalue weighted by molar-refractivity contribution is 9.10. The minimum atomic E-state index is -0.292. The number of imide groups is 1. The van der Waals surface area contributed by atoms with Gasteiger partial charge in [-0.2, -0.15) is 0 Å². The molecule has 0 spiro atoms. The maximum Gasteiger partial charge on any atom is 0.255 e. The third-order valence-electron chi connectivity index (χ3n) is 7.23. The molecule has 0 unspecified atom stereocenters. The van der Waals surface area contributed by atoms with Crippen LogP contribution in [0.25, 0.3) is 0 Å². The Hall–Kier alpha value is -2.44. The molecule has 5 nitrogen and oxygen atoms in total. The Labute approximate surface area is 192 Å². The smallest absolute Gasteiger partial charge is 0.255 e. The van der Waals surface area contributed by atoms with Gasteiger partial charge < -0.3 is 5.32 Å². The first kappa shape index (κ1) is 19.3. The van der Waals surface area contributed by atoms with Crippen LogP contribution in [0.2, 0.25) is 5.02 Å². The van der Waals surface area contributed by atoms with Crippen LogP contribution < -0.4 is 10.2 Å². The molecule has 2 bridgehead atoms. The number of carbonyl (C=O) groups is 3. The van der Waals surface area contributed by atoms with E-state index in [1.165, 1.54) is 4.90 Å². The monoisotopic (exact) mass is 496 g/mol. The van der Waals surface area contributed by atoms with Crippen LogP contribution in [0, 0.1) is 35.5 Å². The number of amides is 3. The minimum absolute atomic E-state index is 0.0959. The van der Waals surface area contributed by atoms with Crippen LogP contribution >= 0.6 is 27.5 Å². The summed E-state index contributed by atoms with van der Waals surface area (Å²) in [6.45, 7) is 0. The van der Waals surface area contributed by atoms with Crippen LogP contribution in [0.15, 0.2) is 59.1 Å². The van der Waals surface area contributed by atoms with Crippen molar-refractivity contribution in [2.45, 2.75) is 6.42 Å². The van der Waals surface area contributed by atoms with Gasteiger partial charge in [-0.05, 0) is 88.5 Å². The molecule has 3 amide bonds. The Morgan fingerprint density at radius 1 is 0.968 bits per heavy atom. The van der Waals surface area contributed by atoms with E-state index in [2.05, 4.69) is 33.4 Å². The van der Waals surface area contributed by atoms with E-state index in [1.807, 2.05) is 0 Å². The predicted octanol–water partition coefficient (Wildman–Crippen LogP) is 4.91. The van der Waals surface area contributed by atoms with Gasteiger partial charge in [0, 0.05) is 15.7 Å². The van der Waals surface area contributed by atoms with E-state index in [-0.39, 0.29) is 41.4 Å². The number of benzene rings is 2. The number of nitrogens with zero attached hydrogens (tertiary/aromatic N) is 1. The van der Waals surface area contributed by atoms with Crippen molar-refractivity contribution in [3.8, 4) is 0 Å². The molecule has 6 atom stereocenters. The van der Waals surface area contributed by atoms with Crippen molar-refractivity contribution in [3.63, 3.8) is 0 Å². The lowest BCUT2D eigenvalue weighted by atomic mass is 9.63. The number of halogens is 2. The zero-order valence-electron chi connectivity index (χ0n) is 16.3. The molecular weight excluding hydrogens is 480 g/mol. The van der Waals surface area contributed by atoms with Gasteiger partial charge in [0.2, 0.25) is 11.8 Å². The fraction of sp³-hybridized carbons (Fsp3) is 0.292. The lowest BCUT2D eigenvalue weighted by Gasteiger charge is -2.37. The van der Waals surface area contributed by atoms with E-state index in [9.17, 15) is 14.4 Å². The maximum atomic E-state index is 13.2. The summed E-state index contributed by atoms with van der Waals surface area (Å²) in [5, 5.41) is 3.30. The molecule has 1 N–H and O–H groups in total. The summed E-state index contributed by atoms with van der Waals surface area (Å²) in [4.78, 5) is 40.3. The summed E-state index contributed by atoms with van der Waals surface area (Å²) >= 11 is 9.40. The highest BCUT2D eigenvalue weighted by Crippen LogP contribution is 2.65. The van der Waals surface area contributed by atoms with E-state index in [0.717, 1.165) is 10.9 Å². The molecule has 1 heterocycles. The van der Waals surface area contributed by atoms with Crippen LogP contribution in [-0.2, 0) is 9.59 Å². The number of hydrogen-bond donors (Lipinski definition) is 1. The molecule has 5 aliphatic rings. The van der Waals surface area contributed by atoms with Gasteiger partial charge in [-0.1, -0.05) is 23.8 Å². The second-order valence-electron chi connectivity index (χ2n) is 8.80. The average molecular weight is 498 g/mol. The first-order valence-electron chi connectivity index (χ1n) is 10.4. The Balaban J connectivity index is 1.22. The number of nitrogens with one attached hydrogen (secondary N) is 1. The van der Waals surface area contributed by atoms with Crippen molar-refractivity contribution in [1.29, 1.82) is 0 Å². The second-order valence-corrected chi connectivity index (χ2v) is 10.1. The van der Waals surface area contributed by atoms with Crippen molar-refractivity contribution < 1.29 is 14.4 Å². The molecule has 1 saturated heterocycles. The Bertz CT molecular complexity index is 1140. The lowest BCUT2D eigenvalue weighted by molar-refractivity contribution is -0.124. The molecular formula is C24H18BrClN2O3. The highest BCUT2D eigenvalue weighted by Gasteiger charge is 2.67. The van der Waals surface area contributed by atoms with E-state index in [1.54, 1.807) is 42.5 Å². The zero-order chi connectivity index (χ0) is 21.4. The average Bonchev–Trinajstić information content (AvgIpc) is 3.54. The van der Waals surface area contributed by atoms with Gasteiger partial charge >= 0.3 is 0 Å². The van der Waals surface area contributed by atoms with E-state index < -0.39 is 0 Å². The number of hydrogen-bond acceptors (Lipinski definition) is 3. The molecule has 7 heteroatoms. The van der Waals surface area contributed by atoms with Crippen LogP contribution in [0.3, 0.4) is 0 Å². The van der Waals surface area contributed by atoms with Gasteiger partial charge in [0.15, 0.2) is 0 Å². The van der Waals surface area contributed by atoms with Gasteiger partial charge in [-0.3, -0.25) is 19.3 Å². The maximum absolute atomic E-state index is 13.2. The second kappa shape index (κ2) is 6.78. The van der Waals surface area contributed by atoms with Gasteiger partial charge in [0.25, 0.3) is 5.91 Å². The molecule has 2 saturated carbocycles.